The van der Waals surface area contributed by atoms with Crippen LogP contribution in [-0.2, 0) is 19.4 Å². The van der Waals surface area contributed by atoms with Crippen molar-refractivity contribution < 1.29 is 0 Å². The number of nitrogens with one attached hydrogen (secondary N) is 1. The molecule has 1 unspecified atom stereocenters. The Balaban J connectivity index is 1.19. The molecule has 0 aliphatic carbocycles. The van der Waals surface area contributed by atoms with E-state index in [-0.39, 0.29) is 0 Å². The maximum atomic E-state index is 4.55. The Labute approximate surface area is 176 Å². The molecule has 0 radical (unpaired) electrons. The van der Waals surface area contributed by atoms with Crippen LogP contribution in [0.15, 0.2) is 4.99 Å². The number of aromatic nitrogens is 3. The van der Waals surface area contributed by atoms with Crippen LogP contribution in [-0.4, -0.2) is 76.8 Å². The van der Waals surface area contributed by atoms with Gasteiger partial charge in [-0.25, -0.2) is 0 Å². The Kier molecular flexibility index (Phi) is 7.41. The number of guanidine groups is 1. The molecule has 1 atom stereocenters. The predicted octanol–water partition coefficient (Wildman–Crippen LogP) is 2.32. The van der Waals surface area contributed by atoms with Crippen molar-refractivity contribution >= 4 is 5.96 Å². The van der Waals surface area contributed by atoms with Gasteiger partial charge < -0.3 is 19.7 Å². The molecule has 0 saturated carbocycles. The highest BCUT2D eigenvalue weighted by Gasteiger charge is 2.26. The van der Waals surface area contributed by atoms with Crippen molar-refractivity contribution in [2.24, 2.45) is 10.9 Å². The Hall–Kier alpha value is -1.63. The van der Waals surface area contributed by atoms with E-state index in [4.69, 9.17) is 0 Å². The van der Waals surface area contributed by atoms with Gasteiger partial charge in [-0.2, -0.15) is 0 Å². The molecule has 7 heteroatoms. The molecule has 0 amide bonds. The molecule has 4 rings (SSSR count). The number of rotatable bonds is 6. The first kappa shape index (κ1) is 20.6. The highest BCUT2D eigenvalue weighted by molar-refractivity contribution is 5.80. The van der Waals surface area contributed by atoms with Crippen LogP contribution in [0.4, 0.5) is 0 Å². The largest absolute Gasteiger partial charge is 0.356 e. The van der Waals surface area contributed by atoms with E-state index in [2.05, 4.69) is 34.9 Å². The Morgan fingerprint density at radius 3 is 2.72 bits per heavy atom. The molecule has 0 bridgehead atoms. The molecule has 29 heavy (non-hydrogen) atoms. The van der Waals surface area contributed by atoms with Gasteiger partial charge in [-0.1, -0.05) is 12.8 Å². The van der Waals surface area contributed by atoms with E-state index in [9.17, 15) is 0 Å². The number of aryl methyl sites for hydroxylation is 2. The molecule has 0 spiro atoms. The number of nitrogens with zero attached hydrogens (tertiary/aromatic N) is 6. The minimum Gasteiger partial charge on any atom is -0.356 e. The Morgan fingerprint density at radius 1 is 1.03 bits per heavy atom. The SMILES string of the molecule is CN=C(NCCCc1nnc2n1CCCCC2)N1CCC(CN2CCCCC2)C1. The zero-order chi connectivity index (χ0) is 19.9. The van der Waals surface area contributed by atoms with Crippen molar-refractivity contribution in [3.63, 3.8) is 0 Å². The number of aliphatic imine (C=N–C) groups is 1. The van der Waals surface area contributed by atoms with Gasteiger partial charge in [-0.3, -0.25) is 4.99 Å². The summed E-state index contributed by atoms with van der Waals surface area (Å²) in [5.74, 6) is 4.23. The lowest BCUT2D eigenvalue weighted by Gasteiger charge is -2.29. The second kappa shape index (κ2) is 10.4. The van der Waals surface area contributed by atoms with Gasteiger partial charge in [-0.05, 0) is 57.5 Å². The zero-order valence-electron chi connectivity index (χ0n) is 18.3. The fourth-order valence-corrected chi connectivity index (χ4v) is 5.19. The molecule has 1 aromatic heterocycles. The number of likely N-dealkylation sites (tertiary alicyclic amines) is 2. The van der Waals surface area contributed by atoms with Gasteiger partial charge in [-0.15, -0.1) is 10.2 Å². The molecule has 162 valence electrons. The van der Waals surface area contributed by atoms with Gasteiger partial charge in [0.15, 0.2) is 5.96 Å². The van der Waals surface area contributed by atoms with Gasteiger partial charge in [0.1, 0.15) is 11.6 Å². The van der Waals surface area contributed by atoms with E-state index < -0.39 is 0 Å². The standard InChI is InChI=1S/C22H39N7/c1-23-22(28-16-11-19(18-28)17-27-13-5-3-6-14-27)24-12-8-10-21-26-25-20-9-4-2-7-15-29(20)21/h19H,2-18H2,1H3,(H,23,24). The van der Waals surface area contributed by atoms with Crippen LogP contribution in [0.25, 0.3) is 0 Å². The second-order valence-electron chi connectivity index (χ2n) is 9.03. The molecule has 2 saturated heterocycles. The van der Waals surface area contributed by atoms with Gasteiger partial charge in [0.05, 0.1) is 0 Å². The van der Waals surface area contributed by atoms with Crippen molar-refractivity contribution in [1.29, 1.82) is 0 Å². The monoisotopic (exact) mass is 401 g/mol. The molecule has 1 aromatic rings. The molecule has 1 N–H and O–H groups in total. The summed E-state index contributed by atoms with van der Waals surface area (Å²) in [4.78, 5) is 9.69. The normalized spacial score (nSPS) is 23.8. The lowest BCUT2D eigenvalue weighted by Crippen LogP contribution is -2.41. The summed E-state index contributed by atoms with van der Waals surface area (Å²) in [5.41, 5.74) is 0. The summed E-state index contributed by atoms with van der Waals surface area (Å²) in [6.07, 6.45) is 12.5. The van der Waals surface area contributed by atoms with E-state index in [1.807, 2.05) is 7.05 Å². The average molecular weight is 402 g/mol. The van der Waals surface area contributed by atoms with Crippen molar-refractivity contribution in [3.05, 3.63) is 11.6 Å². The minimum atomic E-state index is 0.790. The first-order chi connectivity index (χ1) is 14.3. The van der Waals surface area contributed by atoms with Gasteiger partial charge >= 0.3 is 0 Å². The van der Waals surface area contributed by atoms with Gasteiger partial charge in [0.25, 0.3) is 0 Å². The van der Waals surface area contributed by atoms with Gasteiger partial charge in [0.2, 0.25) is 0 Å². The van der Waals surface area contributed by atoms with Crippen LogP contribution < -0.4 is 5.32 Å². The summed E-state index contributed by atoms with van der Waals surface area (Å²) in [6.45, 7) is 8.20. The van der Waals surface area contributed by atoms with Crippen LogP contribution in [0, 0.1) is 5.92 Å². The highest BCUT2D eigenvalue weighted by Crippen LogP contribution is 2.20. The average Bonchev–Trinajstić information content (AvgIpc) is 3.29. The van der Waals surface area contributed by atoms with Crippen LogP contribution >= 0.6 is 0 Å². The number of piperidine rings is 1. The quantitative estimate of drug-likeness (QED) is 0.450. The number of hydrogen-bond acceptors (Lipinski definition) is 4. The van der Waals surface area contributed by atoms with Crippen molar-refractivity contribution in [2.75, 3.05) is 46.3 Å². The summed E-state index contributed by atoms with van der Waals surface area (Å²) in [6, 6.07) is 0. The lowest BCUT2D eigenvalue weighted by atomic mass is 10.1. The van der Waals surface area contributed by atoms with Crippen molar-refractivity contribution in [3.8, 4) is 0 Å². The predicted molar refractivity (Wildman–Crippen MR) is 117 cm³/mol. The molecular weight excluding hydrogens is 362 g/mol. The molecule has 2 fully saturated rings. The fourth-order valence-electron chi connectivity index (χ4n) is 5.19. The number of fused-ring (bicyclic) bond motifs is 1. The van der Waals surface area contributed by atoms with Crippen LogP contribution in [0.3, 0.4) is 0 Å². The summed E-state index contributed by atoms with van der Waals surface area (Å²) >= 11 is 0. The van der Waals surface area contributed by atoms with Crippen molar-refractivity contribution in [2.45, 2.75) is 70.8 Å². The maximum absolute atomic E-state index is 4.55. The number of hydrogen-bond donors (Lipinski definition) is 1. The van der Waals surface area contributed by atoms with Gasteiger partial charge in [0, 0.05) is 52.6 Å². The first-order valence-corrected chi connectivity index (χ1v) is 11.9. The van der Waals surface area contributed by atoms with E-state index in [0.717, 1.165) is 57.3 Å². The Morgan fingerprint density at radius 2 is 1.86 bits per heavy atom. The Bertz CT molecular complexity index is 662. The van der Waals surface area contributed by atoms with Crippen LogP contribution in [0.5, 0.6) is 0 Å². The van der Waals surface area contributed by atoms with Crippen LogP contribution in [0.2, 0.25) is 0 Å². The topological polar surface area (TPSA) is 61.6 Å². The van der Waals surface area contributed by atoms with E-state index in [0.29, 0.717) is 0 Å². The third kappa shape index (κ3) is 5.50. The zero-order valence-corrected chi connectivity index (χ0v) is 18.3. The molecule has 0 aromatic carbocycles. The third-order valence-electron chi connectivity index (χ3n) is 6.81. The van der Waals surface area contributed by atoms with E-state index in [1.54, 1.807) is 0 Å². The second-order valence-corrected chi connectivity index (χ2v) is 9.03. The smallest absolute Gasteiger partial charge is 0.193 e. The maximum Gasteiger partial charge on any atom is 0.193 e. The van der Waals surface area contributed by atoms with Crippen molar-refractivity contribution in [1.82, 2.24) is 29.9 Å². The van der Waals surface area contributed by atoms with Crippen LogP contribution in [0.1, 0.15) is 63.0 Å². The minimum absolute atomic E-state index is 0.790. The molecule has 7 nitrogen and oxygen atoms in total. The molecule has 3 aliphatic rings. The van der Waals surface area contributed by atoms with E-state index >= 15 is 0 Å². The lowest BCUT2D eigenvalue weighted by molar-refractivity contribution is 0.198. The third-order valence-corrected chi connectivity index (χ3v) is 6.81. The first-order valence-electron chi connectivity index (χ1n) is 11.9. The highest BCUT2D eigenvalue weighted by atomic mass is 15.3. The van der Waals surface area contributed by atoms with E-state index in [1.165, 1.54) is 76.2 Å². The fraction of sp³-hybridized carbons (Fsp3) is 0.864. The molecule has 3 aliphatic heterocycles. The summed E-state index contributed by atoms with van der Waals surface area (Å²) < 4.78 is 2.37. The molecule has 4 heterocycles. The summed E-state index contributed by atoms with van der Waals surface area (Å²) in [5, 5.41) is 12.5. The molecular formula is C22H39N7. The summed E-state index contributed by atoms with van der Waals surface area (Å²) in [7, 11) is 1.92.